The van der Waals surface area contributed by atoms with Crippen LogP contribution in [0.25, 0.3) is 0 Å². The van der Waals surface area contributed by atoms with Gasteiger partial charge in [-0.25, -0.2) is 4.79 Å². The molecule has 1 saturated heterocycles. The lowest BCUT2D eigenvalue weighted by atomic mass is 10.0. The Bertz CT molecular complexity index is 716. The molecule has 0 saturated carbocycles. The van der Waals surface area contributed by atoms with E-state index < -0.39 is 0 Å². The fourth-order valence-electron chi connectivity index (χ4n) is 3.01. The van der Waals surface area contributed by atoms with E-state index in [1.807, 2.05) is 6.07 Å². The Morgan fingerprint density at radius 1 is 1.08 bits per heavy atom. The maximum Gasteiger partial charge on any atom is 0.319 e. The maximum absolute atomic E-state index is 12.2. The molecule has 0 unspecified atom stereocenters. The number of hydrogen-bond donors (Lipinski definition) is 2. The summed E-state index contributed by atoms with van der Waals surface area (Å²) >= 11 is 12.0. The monoisotopic (exact) mass is 377 g/mol. The van der Waals surface area contributed by atoms with Crippen LogP contribution in [0, 0.1) is 0 Å². The smallest absolute Gasteiger partial charge is 0.319 e. The molecule has 6 heteroatoms. The van der Waals surface area contributed by atoms with Crippen LogP contribution < -0.4 is 10.6 Å². The number of carbonyl (C=O) groups is 1. The van der Waals surface area contributed by atoms with Gasteiger partial charge in [-0.05, 0) is 36.6 Å². The van der Waals surface area contributed by atoms with Gasteiger partial charge in [0.05, 0.1) is 10.7 Å². The van der Waals surface area contributed by atoms with E-state index in [2.05, 4.69) is 39.8 Å². The average Bonchev–Trinajstić information content (AvgIpc) is 2.61. The van der Waals surface area contributed by atoms with Crippen LogP contribution in [0.2, 0.25) is 10.0 Å². The van der Waals surface area contributed by atoms with Crippen LogP contribution in [-0.2, 0) is 6.54 Å². The topological polar surface area (TPSA) is 44.4 Å². The van der Waals surface area contributed by atoms with Gasteiger partial charge < -0.3 is 10.6 Å². The van der Waals surface area contributed by atoms with Gasteiger partial charge in [-0.2, -0.15) is 0 Å². The molecule has 0 radical (unpaired) electrons. The lowest BCUT2D eigenvalue weighted by Crippen LogP contribution is -2.45. The number of halogens is 2. The van der Waals surface area contributed by atoms with Gasteiger partial charge in [0.2, 0.25) is 0 Å². The molecular formula is C19H21Cl2N3O. The number of amides is 2. The van der Waals surface area contributed by atoms with Crippen LogP contribution in [0.1, 0.15) is 18.4 Å². The van der Waals surface area contributed by atoms with E-state index >= 15 is 0 Å². The summed E-state index contributed by atoms with van der Waals surface area (Å²) in [6.07, 6.45) is 1.87. The maximum atomic E-state index is 12.2. The summed E-state index contributed by atoms with van der Waals surface area (Å²) < 4.78 is 0. The van der Waals surface area contributed by atoms with Crippen molar-refractivity contribution in [3.05, 3.63) is 64.1 Å². The number of benzene rings is 2. The van der Waals surface area contributed by atoms with Gasteiger partial charge in [-0.3, -0.25) is 4.90 Å². The summed E-state index contributed by atoms with van der Waals surface area (Å²) in [5, 5.41) is 6.80. The molecule has 2 aromatic rings. The van der Waals surface area contributed by atoms with Crippen molar-refractivity contribution >= 4 is 34.9 Å². The lowest BCUT2D eigenvalue weighted by molar-refractivity contribution is 0.190. The summed E-state index contributed by atoms with van der Waals surface area (Å²) in [6.45, 7) is 2.90. The molecule has 3 rings (SSSR count). The number of nitrogens with one attached hydrogen (secondary N) is 2. The zero-order chi connectivity index (χ0) is 17.6. The third-order valence-corrected chi connectivity index (χ3v) is 4.91. The molecule has 1 aliphatic heterocycles. The Morgan fingerprint density at radius 3 is 2.52 bits per heavy atom. The largest absolute Gasteiger partial charge is 0.335 e. The van der Waals surface area contributed by atoms with E-state index in [0.29, 0.717) is 15.7 Å². The third kappa shape index (κ3) is 5.36. The molecular weight excluding hydrogens is 357 g/mol. The number of likely N-dealkylation sites (tertiary alicyclic amines) is 1. The van der Waals surface area contributed by atoms with Gasteiger partial charge in [0.25, 0.3) is 0 Å². The lowest BCUT2D eigenvalue weighted by Gasteiger charge is -2.32. The molecule has 1 aliphatic rings. The molecule has 1 heterocycles. The number of hydrogen-bond acceptors (Lipinski definition) is 2. The molecule has 0 aromatic heterocycles. The zero-order valence-corrected chi connectivity index (χ0v) is 15.4. The molecule has 25 heavy (non-hydrogen) atoms. The first-order valence-corrected chi connectivity index (χ1v) is 9.14. The second-order valence-electron chi connectivity index (χ2n) is 6.26. The van der Waals surface area contributed by atoms with E-state index in [0.717, 1.165) is 32.5 Å². The van der Waals surface area contributed by atoms with Gasteiger partial charge in [0.1, 0.15) is 0 Å². The minimum Gasteiger partial charge on any atom is -0.335 e. The van der Waals surface area contributed by atoms with Crippen molar-refractivity contribution in [3.8, 4) is 0 Å². The minimum atomic E-state index is -0.245. The molecule has 0 atom stereocenters. The Kier molecular flexibility index (Phi) is 6.19. The number of rotatable bonds is 4. The number of anilines is 1. The van der Waals surface area contributed by atoms with Gasteiger partial charge >= 0.3 is 6.03 Å². The average molecular weight is 378 g/mol. The molecule has 1 fully saturated rings. The minimum absolute atomic E-state index is 0.171. The Hall–Kier alpha value is -1.75. The number of carbonyl (C=O) groups excluding carboxylic acids is 1. The molecule has 2 amide bonds. The Morgan fingerprint density at radius 2 is 1.80 bits per heavy atom. The number of piperidine rings is 1. The summed E-state index contributed by atoms with van der Waals surface area (Å²) in [5.74, 6) is 0. The Labute approximate surface area is 158 Å². The molecule has 0 aliphatic carbocycles. The van der Waals surface area contributed by atoms with Crippen molar-refractivity contribution < 1.29 is 4.79 Å². The van der Waals surface area contributed by atoms with Gasteiger partial charge in [0.15, 0.2) is 0 Å². The van der Waals surface area contributed by atoms with Gasteiger partial charge in [-0.1, -0.05) is 53.5 Å². The molecule has 4 nitrogen and oxygen atoms in total. The summed E-state index contributed by atoms with van der Waals surface area (Å²) in [6, 6.07) is 15.4. The first-order chi connectivity index (χ1) is 12.1. The Balaban J connectivity index is 1.45. The zero-order valence-electron chi connectivity index (χ0n) is 13.8. The summed E-state index contributed by atoms with van der Waals surface area (Å²) in [7, 11) is 0. The third-order valence-electron chi connectivity index (χ3n) is 4.35. The summed E-state index contributed by atoms with van der Waals surface area (Å²) in [4.78, 5) is 14.6. The van der Waals surface area contributed by atoms with Gasteiger partial charge in [0, 0.05) is 30.7 Å². The predicted octanol–water partition coefficient (Wildman–Crippen LogP) is 4.78. The van der Waals surface area contributed by atoms with Crippen molar-refractivity contribution in [3.63, 3.8) is 0 Å². The molecule has 0 spiro atoms. The van der Waals surface area contributed by atoms with Crippen molar-refractivity contribution in [2.45, 2.75) is 25.4 Å². The van der Waals surface area contributed by atoms with E-state index in [4.69, 9.17) is 23.2 Å². The first-order valence-electron chi connectivity index (χ1n) is 8.39. The summed E-state index contributed by atoms with van der Waals surface area (Å²) in [5.41, 5.74) is 1.84. The fraction of sp³-hybridized carbons (Fsp3) is 0.316. The van der Waals surface area contributed by atoms with E-state index in [9.17, 15) is 4.79 Å². The van der Waals surface area contributed by atoms with Crippen molar-refractivity contribution in [1.82, 2.24) is 10.2 Å². The van der Waals surface area contributed by atoms with Crippen molar-refractivity contribution in [2.75, 3.05) is 18.4 Å². The van der Waals surface area contributed by atoms with E-state index in [1.165, 1.54) is 5.56 Å². The highest BCUT2D eigenvalue weighted by atomic mass is 35.5. The van der Waals surface area contributed by atoms with Crippen LogP contribution >= 0.6 is 23.2 Å². The SMILES string of the molecule is O=C(Nc1cc(Cl)ccc1Cl)NC1CCN(Cc2ccccc2)CC1. The van der Waals surface area contributed by atoms with Crippen LogP contribution in [0.3, 0.4) is 0 Å². The highest BCUT2D eigenvalue weighted by Crippen LogP contribution is 2.25. The van der Waals surface area contributed by atoms with Crippen molar-refractivity contribution in [2.24, 2.45) is 0 Å². The fourth-order valence-corrected chi connectivity index (χ4v) is 3.35. The van der Waals surface area contributed by atoms with Crippen LogP contribution in [0.5, 0.6) is 0 Å². The van der Waals surface area contributed by atoms with Crippen molar-refractivity contribution in [1.29, 1.82) is 0 Å². The van der Waals surface area contributed by atoms with Crippen LogP contribution in [-0.4, -0.2) is 30.1 Å². The van der Waals surface area contributed by atoms with E-state index in [-0.39, 0.29) is 12.1 Å². The molecule has 0 bridgehead atoms. The number of nitrogens with zero attached hydrogens (tertiary/aromatic N) is 1. The highest BCUT2D eigenvalue weighted by Gasteiger charge is 2.21. The first kappa shape index (κ1) is 18.1. The standard InChI is InChI=1S/C19H21Cl2N3O/c20-15-6-7-17(21)18(12-15)23-19(25)22-16-8-10-24(11-9-16)13-14-4-2-1-3-5-14/h1-7,12,16H,8-11,13H2,(H2,22,23,25). The van der Waals surface area contributed by atoms with E-state index in [1.54, 1.807) is 18.2 Å². The number of urea groups is 1. The molecule has 132 valence electrons. The van der Waals surface area contributed by atoms with Gasteiger partial charge in [-0.15, -0.1) is 0 Å². The second-order valence-corrected chi connectivity index (χ2v) is 7.10. The quantitative estimate of drug-likeness (QED) is 0.804. The molecule has 2 N–H and O–H groups in total. The normalized spacial score (nSPS) is 15.8. The second kappa shape index (κ2) is 8.56. The molecule has 2 aromatic carbocycles. The predicted molar refractivity (Wildman–Crippen MR) is 103 cm³/mol. The van der Waals surface area contributed by atoms with Crippen LogP contribution in [0.15, 0.2) is 48.5 Å². The highest BCUT2D eigenvalue weighted by molar-refractivity contribution is 6.35. The van der Waals surface area contributed by atoms with Crippen LogP contribution in [0.4, 0.5) is 10.5 Å².